The zero-order chi connectivity index (χ0) is 35.2. The summed E-state index contributed by atoms with van der Waals surface area (Å²) in [6.07, 6.45) is 11.0. The molecule has 6 rings (SSSR count). The number of fused-ring (bicyclic) bond motifs is 7. The Hall–Kier alpha value is -2.05. The van der Waals surface area contributed by atoms with E-state index in [1.807, 2.05) is 25.7 Å². The number of amides is 3. The third-order valence-corrected chi connectivity index (χ3v) is 15.5. The molecule has 3 amide bonds. The van der Waals surface area contributed by atoms with Crippen LogP contribution in [-0.2, 0) is 9.53 Å². The Labute approximate surface area is 291 Å². The number of Topliss-reactive ketones (excluding diaryl/α,β-unsaturated/α-hetero) is 1. The van der Waals surface area contributed by atoms with Gasteiger partial charge in [-0.15, -0.1) is 0 Å². The van der Waals surface area contributed by atoms with Gasteiger partial charge in [-0.05, 0) is 141 Å². The lowest BCUT2D eigenvalue weighted by Gasteiger charge is -2.72. The molecule has 0 bridgehead atoms. The Balaban J connectivity index is 1.24. The minimum Gasteiger partial charge on any atom is -0.444 e. The van der Waals surface area contributed by atoms with E-state index in [4.69, 9.17) is 4.74 Å². The molecule has 270 valence electrons. The average molecular weight is 666 g/mol. The van der Waals surface area contributed by atoms with Crippen molar-refractivity contribution in [3.63, 3.8) is 0 Å². The molecule has 6 aliphatic rings. The number of nitrogens with one attached hydrogen (secondary N) is 2. The van der Waals surface area contributed by atoms with E-state index in [-0.39, 0.29) is 57.2 Å². The fourth-order valence-corrected chi connectivity index (χ4v) is 13.1. The van der Waals surface area contributed by atoms with Crippen LogP contribution in [0.4, 0.5) is 9.59 Å². The van der Waals surface area contributed by atoms with Crippen LogP contribution in [-0.4, -0.2) is 53.6 Å². The number of urea groups is 1. The Morgan fingerprint density at radius 2 is 1.48 bits per heavy atom. The van der Waals surface area contributed by atoms with Gasteiger partial charge in [0.05, 0.1) is 0 Å². The van der Waals surface area contributed by atoms with E-state index in [0.29, 0.717) is 43.0 Å². The van der Waals surface area contributed by atoms with Gasteiger partial charge in [0, 0.05) is 31.6 Å². The summed E-state index contributed by atoms with van der Waals surface area (Å²) in [5.74, 6) is 2.24. The molecule has 7 heteroatoms. The number of allylic oxidation sites excluding steroid dienone is 2. The summed E-state index contributed by atoms with van der Waals surface area (Å²) in [6, 6.07) is 0.222. The monoisotopic (exact) mass is 666 g/mol. The Kier molecular flexibility index (Phi) is 8.76. The van der Waals surface area contributed by atoms with Crippen LogP contribution < -0.4 is 10.6 Å². The number of likely N-dealkylation sites (tertiary alicyclic amines) is 1. The third-order valence-electron chi connectivity index (χ3n) is 15.5. The smallest absolute Gasteiger partial charge is 0.407 e. The minimum absolute atomic E-state index is 0.00349. The molecule has 0 spiro atoms. The molecule has 48 heavy (non-hydrogen) atoms. The number of carbonyl (C=O) groups excluding carboxylic acids is 3. The zero-order valence-corrected chi connectivity index (χ0v) is 32.2. The maximum Gasteiger partial charge on any atom is 0.407 e. The number of hydrogen-bond acceptors (Lipinski definition) is 4. The van der Waals surface area contributed by atoms with Gasteiger partial charge in [-0.2, -0.15) is 0 Å². The zero-order valence-electron chi connectivity index (χ0n) is 32.2. The normalized spacial score (nSPS) is 41.2. The van der Waals surface area contributed by atoms with Crippen LogP contribution in [0.2, 0.25) is 0 Å². The summed E-state index contributed by atoms with van der Waals surface area (Å²) in [5, 5.41) is 6.70. The number of piperidine rings is 1. The van der Waals surface area contributed by atoms with Crippen molar-refractivity contribution < 1.29 is 19.1 Å². The molecule has 1 saturated heterocycles. The van der Waals surface area contributed by atoms with E-state index in [0.717, 1.165) is 38.5 Å². The molecular formula is C41H67N3O4. The summed E-state index contributed by atoms with van der Waals surface area (Å²) < 4.78 is 5.47. The van der Waals surface area contributed by atoms with E-state index in [1.165, 1.54) is 31.3 Å². The number of nitrogens with zero attached hydrogens (tertiary/aromatic N) is 1. The Bertz CT molecular complexity index is 1350. The second-order valence-electron chi connectivity index (χ2n) is 20.1. The predicted octanol–water partition coefficient (Wildman–Crippen LogP) is 9.05. The molecule has 1 heterocycles. The number of alkyl carbamates (subject to hydrolysis) is 1. The first kappa shape index (κ1) is 35.8. The Morgan fingerprint density at radius 3 is 2.10 bits per heavy atom. The largest absolute Gasteiger partial charge is 0.444 e. The van der Waals surface area contributed by atoms with E-state index in [2.05, 4.69) is 66.0 Å². The molecule has 5 fully saturated rings. The fraction of sp³-hybridized carbons (Fsp3) is 0.878. The topological polar surface area (TPSA) is 87.7 Å². The summed E-state index contributed by atoms with van der Waals surface area (Å²) in [4.78, 5) is 41.9. The van der Waals surface area contributed by atoms with E-state index in [9.17, 15) is 14.4 Å². The number of ketones is 1. The van der Waals surface area contributed by atoms with Crippen molar-refractivity contribution in [2.75, 3.05) is 13.1 Å². The lowest BCUT2D eigenvalue weighted by Crippen LogP contribution is -2.69. The lowest BCUT2D eigenvalue weighted by atomic mass is 9.32. The first-order chi connectivity index (χ1) is 22.2. The third kappa shape index (κ3) is 5.54. The van der Waals surface area contributed by atoms with E-state index >= 15 is 0 Å². The molecule has 0 aromatic carbocycles. The van der Waals surface area contributed by atoms with Crippen LogP contribution in [0, 0.1) is 50.7 Å². The highest BCUT2D eigenvalue weighted by atomic mass is 16.6. The van der Waals surface area contributed by atoms with Crippen molar-refractivity contribution in [2.45, 2.75) is 164 Å². The SMILES string of the molecule is CC(C)C1=C2[C@H]3CC[C@@H]4[C@@]5(C)C(NC(=O)N6CCC(NC(=O)OC(C)(C)C)CC6)CCC(C)(C)[C@@H]5CC[C@@]4(C)[C@]3(C)CC[C@@]2(C)CC1=O. The highest BCUT2D eigenvalue weighted by Crippen LogP contribution is 2.76. The number of ether oxygens (including phenoxy) is 1. The van der Waals surface area contributed by atoms with Crippen LogP contribution in [0.5, 0.6) is 0 Å². The standard InChI is InChI=1S/C41H67N3O4/c1-25(2)32-28(45)24-38(8)20-21-39(9)27(33(32)38)12-13-30-40(39,10)19-14-29-37(6,7)18-15-31(41(29,30)11)43-34(46)44-22-16-26(17-23-44)42-35(47)48-36(3,4)5/h25-27,29-31H,12-24H2,1-11H3,(H,42,47)(H,43,46)/t27-,29+,30+,31?,38+,39-,40-,41+/m1/s1. The van der Waals surface area contributed by atoms with Gasteiger partial charge >= 0.3 is 12.1 Å². The summed E-state index contributed by atoms with van der Waals surface area (Å²) in [6.45, 7) is 26.5. The maximum absolute atomic E-state index is 14.0. The van der Waals surface area contributed by atoms with Crippen molar-refractivity contribution in [1.29, 1.82) is 0 Å². The molecule has 7 nitrogen and oxygen atoms in total. The second-order valence-corrected chi connectivity index (χ2v) is 20.1. The highest BCUT2D eigenvalue weighted by Gasteiger charge is 2.70. The average Bonchev–Trinajstić information content (AvgIpc) is 3.24. The molecule has 4 saturated carbocycles. The van der Waals surface area contributed by atoms with Crippen LogP contribution >= 0.6 is 0 Å². The van der Waals surface area contributed by atoms with Crippen LogP contribution in [0.3, 0.4) is 0 Å². The molecule has 1 unspecified atom stereocenters. The van der Waals surface area contributed by atoms with Gasteiger partial charge < -0.3 is 20.3 Å². The lowest BCUT2D eigenvalue weighted by molar-refractivity contribution is -0.219. The van der Waals surface area contributed by atoms with Gasteiger partial charge in [-0.25, -0.2) is 9.59 Å². The van der Waals surface area contributed by atoms with Gasteiger partial charge in [0.15, 0.2) is 5.78 Å². The number of rotatable bonds is 3. The number of hydrogen-bond donors (Lipinski definition) is 2. The molecule has 0 radical (unpaired) electrons. The van der Waals surface area contributed by atoms with Crippen LogP contribution in [0.15, 0.2) is 11.1 Å². The molecule has 5 aliphatic carbocycles. The summed E-state index contributed by atoms with van der Waals surface area (Å²) in [5.41, 5.74) is 2.73. The van der Waals surface area contributed by atoms with Crippen LogP contribution in [0.1, 0.15) is 147 Å². The fourth-order valence-electron chi connectivity index (χ4n) is 13.1. The van der Waals surface area contributed by atoms with Crippen molar-refractivity contribution >= 4 is 17.9 Å². The van der Waals surface area contributed by atoms with Crippen molar-refractivity contribution in [3.8, 4) is 0 Å². The highest BCUT2D eigenvalue weighted by molar-refractivity contribution is 6.00. The van der Waals surface area contributed by atoms with Gasteiger partial charge in [0.25, 0.3) is 0 Å². The van der Waals surface area contributed by atoms with Gasteiger partial charge in [-0.1, -0.05) is 61.0 Å². The van der Waals surface area contributed by atoms with Crippen molar-refractivity contribution in [3.05, 3.63) is 11.1 Å². The summed E-state index contributed by atoms with van der Waals surface area (Å²) >= 11 is 0. The predicted molar refractivity (Wildman–Crippen MR) is 191 cm³/mol. The maximum atomic E-state index is 14.0. The molecule has 1 aliphatic heterocycles. The molecule has 2 N–H and O–H groups in total. The van der Waals surface area contributed by atoms with Crippen LogP contribution in [0.25, 0.3) is 0 Å². The molecular weight excluding hydrogens is 598 g/mol. The van der Waals surface area contributed by atoms with E-state index < -0.39 is 5.60 Å². The molecule has 8 atom stereocenters. The van der Waals surface area contributed by atoms with Crippen molar-refractivity contribution in [1.82, 2.24) is 15.5 Å². The van der Waals surface area contributed by atoms with Crippen molar-refractivity contribution in [2.24, 2.45) is 50.7 Å². The van der Waals surface area contributed by atoms with E-state index in [1.54, 1.807) is 5.57 Å². The van der Waals surface area contributed by atoms with Gasteiger partial charge in [0.1, 0.15) is 5.60 Å². The molecule has 0 aromatic rings. The quantitative estimate of drug-likeness (QED) is 0.315. The minimum atomic E-state index is -0.527. The van der Waals surface area contributed by atoms with Gasteiger partial charge in [0.2, 0.25) is 0 Å². The first-order valence-electron chi connectivity index (χ1n) is 19.5. The Morgan fingerprint density at radius 1 is 0.812 bits per heavy atom. The summed E-state index contributed by atoms with van der Waals surface area (Å²) in [7, 11) is 0. The molecule has 0 aromatic heterocycles. The second kappa shape index (κ2) is 11.8. The number of carbonyl (C=O) groups is 3. The van der Waals surface area contributed by atoms with Gasteiger partial charge in [-0.3, -0.25) is 4.79 Å². The first-order valence-corrected chi connectivity index (χ1v) is 19.5.